The number of hydrogen-bond donors (Lipinski definition) is 0. The van der Waals surface area contributed by atoms with E-state index in [-0.39, 0.29) is 5.78 Å². The van der Waals surface area contributed by atoms with E-state index >= 15 is 0 Å². The van der Waals surface area contributed by atoms with Crippen molar-refractivity contribution in [3.05, 3.63) is 28.8 Å². The monoisotopic (exact) mass is 263 g/mol. The number of hydrogen-bond acceptors (Lipinski definition) is 4. The van der Waals surface area contributed by atoms with Crippen LogP contribution in [0.15, 0.2) is 12.1 Å². The molecule has 1 fully saturated rings. The van der Waals surface area contributed by atoms with Crippen LogP contribution in [0.1, 0.15) is 21.5 Å². The third kappa shape index (κ3) is 3.33. The molecule has 1 heterocycles. The molecule has 0 unspecified atom stereocenters. The molecule has 1 aliphatic heterocycles. The average molecular weight is 263 g/mol. The summed E-state index contributed by atoms with van der Waals surface area (Å²) in [6, 6.07) is 3.86. The van der Waals surface area contributed by atoms with Crippen LogP contribution < -0.4 is 4.74 Å². The van der Waals surface area contributed by atoms with E-state index in [9.17, 15) is 4.79 Å². The Balaban J connectivity index is 2.12. The number of carbonyl (C=O) groups is 1. The topological polar surface area (TPSA) is 38.8 Å². The Bertz CT molecular complexity index is 465. The molecule has 0 atom stereocenters. The summed E-state index contributed by atoms with van der Waals surface area (Å²) in [5.74, 6) is 1.01. The highest BCUT2D eigenvalue weighted by molar-refractivity contribution is 5.99. The number of ether oxygens (including phenoxy) is 2. The first-order valence-electron chi connectivity index (χ1n) is 6.60. The van der Waals surface area contributed by atoms with Crippen LogP contribution in [-0.2, 0) is 4.74 Å². The van der Waals surface area contributed by atoms with Crippen LogP contribution in [0.25, 0.3) is 0 Å². The molecule has 19 heavy (non-hydrogen) atoms. The Labute approximate surface area is 114 Å². The van der Waals surface area contributed by atoms with Gasteiger partial charge in [0.15, 0.2) is 5.78 Å². The number of methoxy groups -OCH3 is 1. The van der Waals surface area contributed by atoms with Gasteiger partial charge in [-0.05, 0) is 37.1 Å². The molecule has 0 N–H and O–H groups in total. The fraction of sp³-hybridized carbons (Fsp3) is 0.533. The summed E-state index contributed by atoms with van der Waals surface area (Å²) >= 11 is 0. The van der Waals surface area contributed by atoms with Crippen molar-refractivity contribution in [2.24, 2.45) is 0 Å². The molecule has 0 saturated carbocycles. The van der Waals surface area contributed by atoms with Gasteiger partial charge in [0.25, 0.3) is 0 Å². The lowest BCUT2D eigenvalue weighted by Gasteiger charge is -2.26. The van der Waals surface area contributed by atoms with Gasteiger partial charge in [-0.2, -0.15) is 0 Å². The zero-order chi connectivity index (χ0) is 13.8. The van der Waals surface area contributed by atoms with Gasteiger partial charge in [-0.15, -0.1) is 0 Å². The second-order valence-corrected chi connectivity index (χ2v) is 4.95. The molecule has 4 nitrogen and oxygen atoms in total. The molecule has 0 aromatic heterocycles. The van der Waals surface area contributed by atoms with Crippen molar-refractivity contribution >= 4 is 5.78 Å². The first kappa shape index (κ1) is 14.0. The van der Waals surface area contributed by atoms with E-state index in [4.69, 9.17) is 9.47 Å². The minimum atomic E-state index is 0.171. The molecule has 2 rings (SSSR count). The zero-order valence-corrected chi connectivity index (χ0v) is 11.9. The van der Waals surface area contributed by atoms with Gasteiger partial charge in [0.05, 0.1) is 26.9 Å². The Morgan fingerprint density at radius 1 is 1.26 bits per heavy atom. The summed E-state index contributed by atoms with van der Waals surface area (Å²) in [5, 5.41) is 0. The van der Waals surface area contributed by atoms with Crippen molar-refractivity contribution in [2.45, 2.75) is 13.8 Å². The summed E-state index contributed by atoms with van der Waals surface area (Å²) in [7, 11) is 1.65. The molecular weight excluding hydrogens is 242 g/mol. The third-order valence-electron chi connectivity index (χ3n) is 3.51. The van der Waals surface area contributed by atoms with E-state index in [1.54, 1.807) is 7.11 Å². The highest BCUT2D eigenvalue weighted by Gasteiger charge is 2.17. The maximum Gasteiger partial charge on any atom is 0.177 e. The SMILES string of the molecule is COc1cc(C)c(C(=O)CN2CCOCC2)cc1C. The Kier molecular flexibility index (Phi) is 4.56. The predicted molar refractivity (Wildman–Crippen MR) is 74.1 cm³/mol. The Morgan fingerprint density at radius 3 is 2.58 bits per heavy atom. The number of Topliss-reactive ketones (excluding diaryl/α,β-unsaturated/α-hetero) is 1. The lowest BCUT2D eigenvalue weighted by molar-refractivity contribution is 0.0371. The number of rotatable bonds is 4. The Hall–Kier alpha value is -1.39. The molecule has 1 aromatic carbocycles. The number of aryl methyl sites for hydroxylation is 2. The van der Waals surface area contributed by atoms with Crippen LogP contribution >= 0.6 is 0 Å². The molecule has 1 saturated heterocycles. The quantitative estimate of drug-likeness (QED) is 0.777. The molecule has 0 amide bonds. The fourth-order valence-electron chi connectivity index (χ4n) is 2.36. The standard InChI is InChI=1S/C15H21NO3/c1-11-9-15(18-3)12(2)8-13(11)14(17)10-16-4-6-19-7-5-16/h8-9H,4-7,10H2,1-3H3. The van der Waals surface area contributed by atoms with Crippen LogP contribution in [0.4, 0.5) is 0 Å². The van der Waals surface area contributed by atoms with Crippen molar-refractivity contribution in [3.8, 4) is 5.75 Å². The lowest BCUT2D eigenvalue weighted by Crippen LogP contribution is -2.39. The average Bonchev–Trinajstić information content (AvgIpc) is 2.42. The van der Waals surface area contributed by atoms with Crippen LogP contribution in [-0.4, -0.2) is 50.6 Å². The van der Waals surface area contributed by atoms with Gasteiger partial charge >= 0.3 is 0 Å². The van der Waals surface area contributed by atoms with Crippen LogP contribution in [0, 0.1) is 13.8 Å². The van der Waals surface area contributed by atoms with Crippen molar-refractivity contribution < 1.29 is 14.3 Å². The second kappa shape index (κ2) is 6.17. The number of morpholine rings is 1. The van der Waals surface area contributed by atoms with Crippen molar-refractivity contribution in [2.75, 3.05) is 40.0 Å². The van der Waals surface area contributed by atoms with Crippen LogP contribution in [0.2, 0.25) is 0 Å². The van der Waals surface area contributed by atoms with Crippen LogP contribution in [0.5, 0.6) is 5.75 Å². The van der Waals surface area contributed by atoms with Gasteiger partial charge in [0.1, 0.15) is 5.75 Å². The minimum absolute atomic E-state index is 0.171. The van der Waals surface area contributed by atoms with Crippen LogP contribution in [0.3, 0.4) is 0 Å². The number of benzene rings is 1. The molecule has 0 spiro atoms. The van der Waals surface area contributed by atoms with Crippen molar-refractivity contribution in [1.29, 1.82) is 0 Å². The molecule has 0 radical (unpaired) electrons. The van der Waals surface area contributed by atoms with E-state index in [0.29, 0.717) is 19.8 Å². The molecule has 0 bridgehead atoms. The van der Waals surface area contributed by atoms with Gasteiger partial charge in [0, 0.05) is 18.7 Å². The number of ketones is 1. The van der Waals surface area contributed by atoms with E-state index in [0.717, 1.165) is 35.5 Å². The lowest BCUT2D eigenvalue weighted by atomic mass is 10.0. The smallest absolute Gasteiger partial charge is 0.177 e. The number of carbonyl (C=O) groups excluding carboxylic acids is 1. The highest BCUT2D eigenvalue weighted by Crippen LogP contribution is 2.23. The van der Waals surface area contributed by atoms with Crippen molar-refractivity contribution in [3.63, 3.8) is 0 Å². The van der Waals surface area contributed by atoms with Crippen molar-refractivity contribution in [1.82, 2.24) is 4.90 Å². The van der Waals surface area contributed by atoms with Gasteiger partial charge in [-0.3, -0.25) is 9.69 Å². The van der Waals surface area contributed by atoms with E-state index in [1.165, 1.54) is 0 Å². The second-order valence-electron chi connectivity index (χ2n) is 4.95. The van der Waals surface area contributed by atoms with E-state index in [1.807, 2.05) is 26.0 Å². The molecule has 0 aliphatic carbocycles. The summed E-state index contributed by atoms with van der Waals surface area (Å²) in [4.78, 5) is 14.5. The van der Waals surface area contributed by atoms with Gasteiger partial charge in [-0.1, -0.05) is 0 Å². The van der Waals surface area contributed by atoms with E-state index in [2.05, 4.69) is 4.90 Å². The van der Waals surface area contributed by atoms with E-state index < -0.39 is 0 Å². The maximum atomic E-state index is 12.4. The summed E-state index contributed by atoms with van der Waals surface area (Å²) < 4.78 is 10.6. The first-order valence-corrected chi connectivity index (χ1v) is 6.60. The molecule has 1 aliphatic rings. The molecule has 1 aromatic rings. The van der Waals surface area contributed by atoms with Gasteiger partial charge in [0.2, 0.25) is 0 Å². The third-order valence-corrected chi connectivity index (χ3v) is 3.51. The zero-order valence-electron chi connectivity index (χ0n) is 11.9. The largest absolute Gasteiger partial charge is 0.496 e. The van der Waals surface area contributed by atoms with Gasteiger partial charge < -0.3 is 9.47 Å². The molecular formula is C15H21NO3. The normalized spacial score (nSPS) is 16.4. The Morgan fingerprint density at radius 2 is 1.95 bits per heavy atom. The number of nitrogens with zero attached hydrogens (tertiary/aromatic N) is 1. The molecule has 4 heteroatoms. The maximum absolute atomic E-state index is 12.4. The first-order chi connectivity index (χ1) is 9.11. The summed E-state index contributed by atoms with van der Waals surface area (Å²) in [5.41, 5.74) is 2.77. The van der Waals surface area contributed by atoms with Gasteiger partial charge in [-0.25, -0.2) is 0 Å². The minimum Gasteiger partial charge on any atom is -0.496 e. The fourth-order valence-corrected chi connectivity index (χ4v) is 2.36. The molecule has 104 valence electrons. The summed E-state index contributed by atoms with van der Waals surface area (Å²) in [6.07, 6.45) is 0. The highest BCUT2D eigenvalue weighted by atomic mass is 16.5. The predicted octanol–water partition coefficient (Wildman–Crippen LogP) is 1.83. The summed E-state index contributed by atoms with van der Waals surface area (Å²) in [6.45, 7) is 7.48.